The molecule has 138 valence electrons. The summed E-state index contributed by atoms with van der Waals surface area (Å²) in [6, 6.07) is 7.34. The van der Waals surface area contributed by atoms with Crippen LogP contribution in [0.3, 0.4) is 0 Å². The van der Waals surface area contributed by atoms with E-state index >= 15 is 0 Å². The quantitative estimate of drug-likeness (QED) is 0.792. The molecular formula is C19H23N3O4. The van der Waals surface area contributed by atoms with Crippen molar-refractivity contribution < 1.29 is 9.53 Å². The smallest absolute Gasteiger partial charge is 0.330 e. The molecule has 0 bridgehead atoms. The highest BCUT2D eigenvalue weighted by Gasteiger charge is 2.11. The Morgan fingerprint density at radius 3 is 2.46 bits per heavy atom. The monoisotopic (exact) mass is 357 g/mol. The molecule has 0 saturated carbocycles. The molecule has 0 spiro atoms. The van der Waals surface area contributed by atoms with Crippen molar-refractivity contribution in [3.63, 3.8) is 0 Å². The highest BCUT2D eigenvalue weighted by atomic mass is 16.5. The second-order valence-corrected chi connectivity index (χ2v) is 5.92. The summed E-state index contributed by atoms with van der Waals surface area (Å²) in [5.41, 5.74) is 0.372. The van der Waals surface area contributed by atoms with Gasteiger partial charge in [0.1, 0.15) is 5.75 Å². The van der Waals surface area contributed by atoms with Gasteiger partial charge in [0, 0.05) is 26.4 Å². The van der Waals surface area contributed by atoms with Crippen LogP contribution in [0.25, 0.3) is 6.08 Å². The summed E-state index contributed by atoms with van der Waals surface area (Å²) in [6.07, 6.45) is 4.84. The largest absolute Gasteiger partial charge is 0.497 e. The lowest BCUT2D eigenvalue weighted by molar-refractivity contribution is -0.117. The summed E-state index contributed by atoms with van der Waals surface area (Å²) < 4.78 is 7.44. The maximum absolute atomic E-state index is 12.2. The molecule has 0 aliphatic rings. The molecule has 2 aromatic rings. The zero-order chi connectivity index (χ0) is 19.3. The van der Waals surface area contributed by atoms with E-state index < -0.39 is 11.2 Å². The number of aromatic nitrogens is 2. The van der Waals surface area contributed by atoms with Crippen LogP contribution in [-0.4, -0.2) is 22.2 Å². The van der Waals surface area contributed by atoms with E-state index in [-0.39, 0.29) is 17.5 Å². The summed E-state index contributed by atoms with van der Waals surface area (Å²) in [4.78, 5) is 36.0. The van der Waals surface area contributed by atoms with Gasteiger partial charge in [-0.05, 0) is 30.2 Å². The summed E-state index contributed by atoms with van der Waals surface area (Å²) in [7, 11) is 4.55. The first-order chi connectivity index (χ1) is 12.4. The average Bonchev–Trinajstić information content (AvgIpc) is 2.66. The van der Waals surface area contributed by atoms with Gasteiger partial charge in [-0.1, -0.05) is 19.1 Å². The molecule has 2 rings (SSSR count). The Morgan fingerprint density at radius 2 is 1.88 bits per heavy atom. The Hall–Kier alpha value is -3.09. The van der Waals surface area contributed by atoms with Crippen molar-refractivity contribution in [2.45, 2.75) is 19.4 Å². The van der Waals surface area contributed by atoms with Crippen molar-refractivity contribution in [2.75, 3.05) is 7.11 Å². The molecule has 1 heterocycles. The van der Waals surface area contributed by atoms with Gasteiger partial charge in [0.2, 0.25) is 5.91 Å². The Kier molecular flexibility index (Phi) is 6.16. The van der Waals surface area contributed by atoms with Gasteiger partial charge in [-0.15, -0.1) is 0 Å². The number of carbonyl (C=O) groups excluding carboxylic acids is 1. The molecule has 1 atom stereocenters. The van der Waals surface area contributed by atoms with Crippen LogP contribution >= 0.6 is 0 Å². The molecule has 26 heavy (non-hydrogen) atoms. The number of hydrogen-bond acceptors (Lipinski definition) is 4. The second kappa shape index (κ2) is 8.33. The third kappa shape index (κ3) is 4.30. The molecule has 7 nitrogen and oxygen atoms in total. The Bertz CT molecular complexity index is 923. The summed E-state index contributed by atoms with van der Waals surface area (Å²) in [5, 5.41) is 2.91. The Balaban J connectivity index is 2.15. The number of nitrogens with zero attached hydrogens (tertiary/aromatic N) is 2. The van der Waals surface area contributed by atoms with E-state index in [4.69, 9.17) is 4.74 Å². The number of ether oxygens (including phenoxy) is 1. The third-order valence-corrected chi connectivity index (χ3v) is 4.13. The number of aryl methyl sites for hydroxylation is 1. The van der Waals surface area contributed by atoms with Crippen molar-refractivity contribution >= 4 is 12.0 Å². The third-order valence-electron chi connectivity index (χ3n) is 4.13. The van der Waals surface area contributed by atoms with Crippen LogP contribution in [0.1, 0.15) is 30.5 Å². The maximum Gasteiger partial charge on any atom is 0.330 e. The van der Waals surface area contributed by atoms with Crippen LogP contribution in [0.5, 0.6) is 5.75 Å². The minimum Gasteiger partial charge on any atom is -0.497 e. The van der Waals surface area contributed by atoms with Crippen molar-refractivity contribution in [1.82, 2.24) is 14.5 Å². The molecule has 1 N–H and O–H groups in total. The number of methoxy groups -OCH3 is 1. The van der Waals surface area contributed by atoms with Crippen LogP contribution in [0, 0.1) is 0 Å². The SMILES string of the molecule is CC[C@@H](NC(=O)/C=C\c1cn(C)c(=O)n(C)c1=O)c1ccc(OC)cc1. The Labute approximate surface area is 151 Å². The molecule has 7 heteroatoms. The first-order valence-corrected chi connectivity index (χ1v) is 8.26. The normalized spacial score (nSPS) is 12.2. The second-order valence-electron chi connectivity index (χ2n) is 5.92. The molecule has 0 aliphatic carbocycles. The number of benzene rings is 1. The molecule has 0 saturated heterocycles. The van der Waals surface area contributed by atoms with E-state index in [1.165, 1.54) is 30.0 Å². The predicted molar refractivity (Wildman–Crippen MR) is 100 cm³/mol. The predicted octanol–water partition coefficient (Wildman–Crippen LogP) is 1.37. The van der Waals surface area contributed by atoms with E-state index in [1.807, 2.05) is 31.2 Å². The standard InChI is InChI=1S/C19H23N3O4/c1-5-16(13-6-9-15(26-4)10-7-13)20-17(23)11-8-14-12-21(2)19(25)22(3)18(14)24/h6-12,16H,5H2,1-4H3,(H,20,23)/b11-8-/t16-/m1/s1. The topological polar surface area (TPSA) is 82.3 Å². The van der Waals surface area contributed by atoms with Crippen LogP contribution in [0.15, 0.2) is 46.1 Å². The van der Waals surface area contributed by atoms with Crippen molar-refractivity contribution in [3.05, 3.63) is 68.5 Å². The number of nitrogens with one attached hydrogen (secondary N) is 1. The van der Waals surface area contributed by atoms with Gasteiger partial charge in [0.15, 0.2) is 0 Å². The fraction of sp³-hybridized carbons (Fsp3) is 0.316. The van der Waals surface area contributed by atoms with E-state index in [9.17, 15) is 14.4 Å². The zero-order valence-electron chi connectivity index (χ0n) is 15.4. The van der Waals surface area contributed by atoms with Crippen LogP contribution < -0.4 is 21.3 Å². The molecule has 0 radical (unpaired) electrons. The molecule has 0 unspecified atom stereocenters. The van der Waals surface area contributed by atoms with Gasteiger partial charge in [-0.2, -0.15) is 0 Å². The highest BCUT2D eigenvalue weighted by molar-refractivity contribution is 5.91. The van der Waals surface area contributed by atoms with Crippen molar-refractivity contribution in [3.8, 4) is 5.75 Å². The number of amides is 1. The van der Waals surface area contributed by atoms with Gasteiger partial charge >= 0.3 is 5.69 Å². The molecule has 0 fully saturated rings. The number of hydrogen-bond donors (Lipinski definition) is 1. The van der Waals surface area contributed by atoms with Crippen LogP contribution in [0.4, 0.5) is 0 Å². The van der Waals surface area contributed by atoms with E-state index in [2.05, 4.69) is 5.32 Å². The Morgan fingerprint density at radius 1 is 1.23 bits per heavy atom. The van der Waals surface area contributed by atoms with E-state index in [0.717, 1.165) is 15.9 Å². The summed E-state index contributed by atoms with van der Waals surface area (Å²) in [5.74, 6) is 0.434. The lowest BCUT2D eigenvalue weighted by Gasteiger charge is -2.16. The van der Waals surface area contributed by atoms with Gasteiger partial charge in [-0.3, -0.25) is 14.2 Å². The fourth-order valence-electron chi connectivity index (χ4n) is 2.59. The molecule has 1 aromatic carbocycles. The summed E-state index contributed by atoms with van der Waals surface area (Å²) >= 11 is 0. The van der Waals surface area contributed by atoms with E-state index in [0.29, 0.717) is 6.42 Å². The molecule has 1 aromatic heterocycles. The minimum atomic E-state index is -0.445. The van der Waals surface area contributed by atoms with Crippen molar-refractivity contribution in [1.29, 1.82) is 0 Å². The van der Waals surface area contributed by atoms with Gasteiger partial charge in [0.05, 0.1) is 18.7 Å². The van der Waals surface area contributed by atoms with Crippen molar-refractivity contribution in [2.24, 2.45) is 14.1 Å². The van der Waals surface area contributed by atoms with Gasteiger partial charge in [0.25, 0.3) is 5.56 Å². The maximum atomic E-state index is 12.2. The molecule has 1 amide bonds. The fourth-order valence-corrected chi connectivity index (χ4v) is 2.59. The minimum absolute atomic E-state index is 0.152. The lowest BCUT2D eigenvalue weighted by atomic mass is 10.0. The first kappa shape index (κ1) is 19.2. The number of rotatable bonds is 6. The lowest BCUT2D eigenvalue weighted by Crippen LogP contribution is -2.37. The van der Waals surface area contributed by atoms with Gasteiger partial charge < -0.3 is 14.6 Å². The molecular weight excluding hydrogens is 334 g/mol. The van der Waals surface area contributed by atoms with E-state index in [1.54, 1.807) is 14.2 Å². The molecule has 0 aliphatic heterocycles. The van der Waals surface area contributed by atoms with Gasteiger partial charge in [-0.25, -0.2) is 4.79 Å². The zero-order valence-corrected chi connectivity index (χ0v) is 15.4. The van der Waals surface area contributed by atoms with Crippen LogP contribution in [0.2, 0.25) is 0 Å². The summed E-state index contributed by atoms with van der Waals surface area (Å²) in [6.45, 7) is 1.97. The average molecular weight is 357 g/mol. The number of carbonyl (C=O) groups is 1. The highest BCUT2D eigenvalue weighted by Crippen LogP contribution is 2.20. The van der Waals surface area contributed by atoms with Crippen LogP contribution in [-0.2, 0) is 18.9 Å². The first-order valence-electron chi connectivity index (χ1n) is 8.26.